The molecule has 1 rings (SSSR count). The van der Waals surface area contributed by atoms with E-state index in [1.54, 1.807) is 0 Å². The molecule has 1 aliphatic rings. The highest BCUT2D eigenvalue weighted by molar-refractivity contribution is 9.12. The van der Waals surface area contributed by atoms with Crippen LogP contribution in [0.1, 0.15) is 19.3 Å². The van der Waals surface area contributed by atoms with Crippen molar-refractivity contribution in [2.45, 2.75) is 25.4 Å². The predicted molar refractivity (Wildman–Crippen MR) is 53.3 cm³/mol. The third-order valence-electron chi connectivity index (χ3n) is 1.94. The van der Waals surface area contributed by atoms with Gasteiger partial charge in [0, 0.05) is 35.0 Å². The number of hydrogen-bond donors (Lipinski definition) is 1. The zero-order chi connectivity index (χ0) is 9.52. The first-order valence-corrected chi connectivity index (χ1v) is 5.13. The SMILES string of the molecule is O=C(C#CBr)NCCC1CCCO1. The summed E-state index contributed by atoms with van der Waals surface area (Å²) in [5.74, 6) is 2.11. The van der Waals surface area contributed by atoms with Gasteiger partial charge in [0.05, 0.1) is 6.10 Å². The van der Waals surface area contributed by atoms with E-state index in [1.807, 2.05) is 0 Å². The average Bonchev–Trinajstić information content (AvgIpc) is 2.57. The molecule has 1 atom stereocenters. The molecule has 1 aliphatic heterocycles. The van der Waals surface area contributed by atoms with Crippen molar-refractivity contribution in [2.24, 2.45) is 0 Å². The standard InChI is InChI=1S/C9H12BrNO2/c10-5-3-9(12)11-6-4-8-2-1-7-13-8/h8H,1-2,4,6-7H2,(H,11,12). The molecule has 13 heavy (non-hydrogen) atoms. The maximum atomic E-state index is 10.9. The van der Waals surface area contributed by atoms with Crippen LogP contribution in [0.3, 0.4) is 0 Å². The number of halogens is 1. The fourth-order valence-corrected chi connectivity index (χ4v) is 1.49. The lowest BCUT2D eigenvalue weighted by molar-refractivity contribution is -0.115. The Balaban J connectivity index is 2.05. The van der Waals surface area contributed by atoms with Gasteiger partial charge in [0.15, 0.2) is 0 Å². The summed E-state index contributed by atoms with van der Waals surface area (Å²) < 4.78 is 5.40. The van der Waals surface area contributed by atoms with Crippen LogP contribution in [-0.4, -0.2) is 25.2 Å². The lowest BCUT2D eigenvalue weighted by Gasteiger charge is -2.07. The van der Waals surface area contributed by atoms with Crippen LogP contribution in [0, 0.1) is 10.8 Å². The summed E-state index contributed by atoms with van der Waals surface area (Å²) in [7, 11) is 0. The third-order valence-corrected chi connectivity index (χ3v) is 2.13. The molecule has 0 aromatic heterocycles. The summed E-state index contributed by atoms with van der Waals surface area (Å²) in [5, 5.41) is 2.69. The lowest BCUT2D eigenvalue weighted by atomic mass is 10.2. The molecule has 1 N–H and O–H groups in total. The molecule has 0 aromatic rings. The summed E-state index contributed by atoms with van der Waals surface area (Å²) >= 11 is 2.86. The Labute approximate surface area is 86.3 Å². The van der Waals surface area contributed by atoms with Gasteiger partial charge in [0.2, 0.25) is 0 Å². The highest BCUT2D eigenvalue weighted by atomic mass is 79.9. The minimum atomic E-state index is -0.241. The van der Waals surface area contributed by atoms with Crippen LogP contribution < -0.4 is 5.32 Å². The smallest absolute Gasteiger partial charge is 0.296 e. The van der Waals surface area contributed by atoms with Crippen LogP contribution in [-0.2, 0) is 9.53 Å². The van der Waals surface area contributed by atoms with Crippen LogP contribution >= 0.6 is 15.9 Å². The molecule has 0 radical (unpaired) electrons. The van der Waals surface area contributed by atoms with Gasteiger partial charge in [-0.15, -0.1) is 0 Å². The van der Waals surface area contributed by atoms with E-state index in [0.717, 1.165) is 25.9 Å². The van der Waals surface area contributed by atoms with Crippen molar-refractivity contribution < 1.29 is 9.53 Å². The molecule has 1 amide bonds. The highest BCUT2D eigenvalue weighted by Crippen LogP contribution is 2.14. The zero-order valence-electron chi connectivity index (χ0n) is 7.31. The van der Waals surface area contributed by atoms with Gasteiger partial charge in [-0.25, -0.2) is 0 Å². The lowest BCUT2D eigenvalue weighted by Crippen LogP contribution is -2.25. The first-order chi connectivity index (χ1) is 6.33. The minimum absolute atomic E-state index is 0.241. The van der Waals surface area contributed by atoms with Crippen molar-refractivity contribution >= 4 is 21.8 Å². The van der Waals surface area contributed by atoms with Gasteiger partial charge in [0.1, 0.15) is 0 Å². The van der Waals surface area contributed by atoms with Crippen molar-refractivity contribution in [2.75, 3.05) is 13.2 Å². The Morgan fingerprint density at radius 2 is 2.54 bits per heavy atom. The van der Waals surface area contributed by atoms with E-state index < -0.39 is 0 Å². The Bertz CT molecular complexity index is 226. The van der Waals surface area contributed by atoms with Crippen molar-refractivity contribution in [3.63, 3.8) is 0 Å². The van der Waals surface area contributed by atoms with E-state index in [0.29, 0.717) is 12.6 Å². The van der Waals surface area contributed by atoms with Crippen LogP contribution in [0.25, 0.3) is 0 Å². The summed E-state index contributed by atoms with van der Waals surface area (Å²) in [6.45, 7) is 1.50. The van der Waals surface area contributed by atoms with Crippen LogP contribution in [0.4, 0.5) is 0 Å². The number of carbonyl (C=O) groups is 1. The van der Waals surface area contributed by atoms with E-state index in [1.165, 1.54) is 0 Å². The minimum Gasteiger partial charge on any atom is -0.378 e. The maximum absolute atomic E-state index is 10.9. The van der Waals surface area contributed by atoms with E-state index in [4.69, 9.17) is 4.74 Å². The summed E-state index contributed by atoms with van der Waals surface area (Å²) in [6, 6.07) is 0. The number of hydrogen-bond acceptors (Lipinski definition) is 2. The molecule has 4 heteroatoms. The van der Waals surface area contributed by atoms with Crippen molar-refractivity contribution in [1.29, 1.82) is 0 Å². The fourth-order valence-electron chi connectivity index (χ4n) is 1.31. The first-order valence-electron chi connectivity index (χ1n) is 4.34. The maximum Gasteiger partial charge on any atom is 0.296 e. The average molecular weight is 246 g/mol. The second-order valence-electron chi connectivity index (χ2n) is 2.90. The highest BCUT2D eigenvalue weighted by Gasteiger charge is 2.14. The fraction of sp³-hybridized carbons (Fsp3) is 0.667. The van der Waals surface area contributed by atoms with Gasteiger partial charge in [-0.05, 0) is 24.1 Å². The normalized spacial score (nSPS) is 20.5. The summed E-state index contributed by atoms with van der Waals surface area (Å²) in [4.78, 5) is 13.2. The Morgan fingerprint density at radius 3 is 3.15 bits per heavy atom. The molecule has 1 unspecified atom stereocenters. The Morgan fingerprint density at radius 1 is 1.69 bits per heavy atom. The Hall–Kier alpha value is -0.530. The molecule has 0 spiro atoms. The molecule has 72 valence electrons. The van der Waals surface area contributed by atoms with E-state index in [-0.39, 0.29) is 5.91 Å². The number of amides is 1. The second-order valence-corrected chi connectivity index (χ2v) is 3.30. The number of rotatable bonds is 3. The monoisotopic (exact) mass is 245 g/mol. The molecule has 0 bridgehead atoms. The number of carbonyl (C=O) groups excluding carboxylic acids is 1. The van der Waals surface area contributed by atoms with Crippen LogP contribution in [0.5, 0.6) is 0 Å². The third kappa shape index (κ3) is 4.30. The van der Waals surface area contributed by atoms with E-state index >= 15 is 0 Å². The van der Waals surface area contributed by atoms with Gasteiger partial charge in [-0.2, -0.15) is 0 Å². The second kappa shape index (κ2) is 6.01. The molecule has 0 aliphatic carbocycles. The molecule has 0 saturated carbocycles. The number of ether oxygens (including phenoxy) is 1. The van der Waals surface area contributed by atoms with Crippen LogP contribution in [0.15, 0.2) is 0 Å². The predicted octanol–water partition coefficient (Wildman–Crippen LogP) is 1.03. The summed E-state index contributed by atoms with van der Waals surface area (Å²) in [5.41, 5.74) is 0. The van der Waals surface area contributed by atoms with Gasteiger partial charge >= 0.3 is 0 Å². The van der Waals surface area contributed by atoms with Gasteiger partial charge in [-0.3, -0.25) is 4.79 Å². The Kier molecular flexibility index (Phi) is 4.87. The van der Waals surface area contributed by atoms with Crippen molar-refractivity contribution in [1.82, 2.24) is 5.32 Å². The molecule has 0 aromatic carbocycles. The molecule has 1 saturated heterocycles. The van der Waals surface area contributed by atoms with E-state index in [2.05, 4.69) is 32.0 Å². The quantitative estimate of drug-likeness (QED) is 0.755. The largest absolute Gasteiger partial charge is 0.378 e. The van der Waals surface area contributed by atoms with Gasteiger partial charge < -0.3 is 10.1 Å². The molecule has 3 nitrogen and oxygen atoms in total. The van der Waals surface area contributed by atoms with Crippen molar-refractivity contribution in [3.8, 4) is 10.8 Å². The van der Waals surface area contributed by atoms with Crippen molar-refractivity contribution in [3.05, 3.63) is 0 Å². The molecular weight excluding hydrogens is 234 g/mol. The van der Waals surface area contributed by atoms with Gasteiger partial charge in [0.25, 0.3) is 5.91 Å². The molecule has 1 fully saturated rings. The molecular formula is C9H12BrNO2. The number of nitrogens with one attached hydrogen (secondary N) is 1. The van der Waals surface area contributed by atoms with Gasteiger partial charge in [-0.1, -0.05) is 0 Å². The topological polar surface area (TPSA) is 38.3 Å². The van der Waals surface area contributed by atoms with Crippen LogP contribution in [0.2, 0.25) is 0 Å². The molecule has 1 heterocycles. The van der Waals surface area contributed by atoms with E-state index in [9.17, 15) is 4.79 Å². The zero-order valence-corrected chi connectivity index (χ0v) is 8.89. The summed E-state index contributed by atoms with van der Waals surface area (Å²) in [6.07, 6.45) is 3.47. The first kappa shape index (κ1) is 10.6.